The molecule has 170 valence electrons. The van der Waals surface area contributed by atoms with Gasteiger partial charge in [0.15, 0.2) is 4.84 Å². The number of allylic oxidation sites excluding steroid dienone is 2. The van der Waals surface area contributed by atoms with Gasteiger partial charge < -0.3 is 10.1 Å². The molecule has 2 heterocycles. The van der Waals surface area contributed by atoms with Gasteiger partial charge >= 0.3 is 5.97 Å². The maximum atomic E-state index is 12.9. The number of alkyl halides is 3. The number of nitro benzene ring substituents is 1. The Bertz CT molecular complexity index is 999. The summed E-state index contributed by atoms with van der Waals surface area (Å²) in [5, 5.41) is 12.7. The number of halogens is 3. The lowest BCUT2D eigenvalue weighted by Gasteiger charge is -2.49. The van der Waals surface area contributed by atoms with E-state index in [4.69, 9.17) is 39.5 Å². The Kier molecular flexibility index (Phi) is 8.05. The first-order chi connectivity index (χ1) is 15.2. The molecule has 0 bridgehead atoms. The van der Waals surface area contributed by atoms with Crippen molar-refractivity contribution in [3.63, 3.8) is 0 Å². The lowest BCUT2D eigenvalue weighted by atomic mass is 10.0. The molecule has 2 atom stereocenters. The number of fused-ring (bicyclic) bond motifs is 1. The molecular formula is C19H16Cl3N3O6S. The number of thioether (sulfide) groups is 1. The zero-order chi connectivity index (χ0) is 23.4. The van der Waals surface area contributed by atoms with Gasteiger partial charge in [0.2, 0.25) is 0 Å². The minimum Gasteiger partial charge on any atom is -0.456 e. The summed E-state index contributed by atoms with van der Waals surface area (Å²) < 4.78 is 5.37. The average molecular weight is 521 g/mol. The van der Waals surface area contributed by atoms with Crippen molar-refractivity contribution in [1.29, 1.82) is 0 Å². The highest BCUT2D eigenvalue weighted by atomic mass is 35.5. The van der Waals surface area contributed by atoms with Gasteiger partial charge in [0.25, 0.3) is 17.5 Å². The van der Waals surface area contributed by atoms with Crippen LogP contribution in [-0.4, -0.2) is 55.5 Å². The van der Waals surface area contributed by atoms with Gasteiger partial charge in [0, 0.05) is 23.8 Å². The number of hydrogen-bond donors (Lipinski definition) is 1. The highest BCUT2D eigenvalue weighted by Gasteiger charge is 2.54. The number of β-lactam (4-membered cyclic amide) rings is 1. The first-order valence-corrected chi connectivity index (χ1v) is 11.6. The Labute approximate surface area is 201 Å². The number of esters is 1. The molecule has 1 aromatic carbocycles. The van der Waals surface area contributed by atoms with Gasteiger partial charge in [-0.25, -0.2) is 4.79 Å². The Morgan fingerprint density at radius 3 is 2.62 bits per heavy atom. The maximum Gasteiger partial charge on any atom is 0.355 e. The molecule has 2 aliphatic rings. The number of carbonyl (C=O) groups is 3. The molecule has 0 unspecified atom stereocenters. The molecule has 9 nitrogen and oxygen atoms in total. The van der Waals surface area contributed by atoms with Crippen LogP contribution in [0.2, 0.25) is 0 Å². The number of rotatable bonds is 8. The SMILES string of the molecule is O=C(OCc1ccc([N+](=O)[O-])cc1)C1=C(/C=C/CCl)CS[C@H]2[C@H](NC(=O)C(Cl)Cl)C(=O)N12. The summed E-state index contributed by atoms with van der Waals surface area (Å²) >= 11 is 18.1. The fourth-order valence-electron chi connectivity index (χ4n) is 3.09. The number of ether oxygens (including phenoxy) is 1. The van der Waals surface area contributed by atoms with E-state index in [1.54, 1.807) is 12.2 Å². The summed E-state index contributed by atoms with van der Waals surface area (Å²) in [6, 6.07) is 4.68. The van der Waals surface area contributed by atoms with Crippen LogP contribution in [0, 0.1) is 10.1 Å². The monoisotopic (exact) mass is 519 g/mol. The van der Waals surface area contributed by atoms with Gasteiger partial charge in [-0.1, -0.05) is 35.4 Å². The van der Waals surface area contributed by atoms with E-state index in [1.807, 2.05) is 0 Å². The van der Waals surface area contributed by atoms with E-state index in [1.165, 1.54) is 40.9 Å². The molecule has 1 N–H and O–H groups in total. The van der Waals surface area contributed by atoms with Crippen molar-refractivity contribution in [3.05, 3.63) is 63.4 Å². The second-order valence-corrected chi connectivity index (χ2v) is 9.14. The third-order valence-corrected chi connectivity index (χ3v) is 6.49. The van der Waals surface area contributed by atoms with Gasteiger partial charge in [-0.15, -0.1) is 23.4 Å². The molecule has 0 aliphatic carbocycles. The van der Waals surface area contributed by atoms with E-state index in [2.05, 4.69) is 5.32 Å². The molecule has 1 aromatic rings. The van der Waals surface area contributed by atoms with Crippen molar-refractivity contribution in [3.8, 4) is 0 Å². The van der Waals surface area contributed by atoms with Crippen LogP contribution in [-0.2, 0) is 25.7 Å². The van der Waals surface area contributed by atoms with E-state index in [0.717, 1.165) is 0 Å². The Balaban J connectivity index is 1.77. The third-order valence-electron chi connectivity index (χ3n) is 4.61. The first-order valence-electron chi connectivity index (χ1n) is 9.14. The Morgan fingerprint density at radius 1 is 1.34 bits per heavy atom. The molecule has 0 saturated carbocycles. The van der Waals surface area contributed by atoms with Gasteiger partial charge in [-0.3, -0.25) is 24.6 Å². The topological polar surface area (TPSA) is 119 Å². The smallest absolute Gasteiger partial charge is 0.355 e. The molecule has 0 radical (unpaired) electrons. The van der Waals surface area contributed by atoms with Crippen molar-refractivity contribution in [1.82, 2.24) is 10.2 Å². The number of nitrogens with one attached hydrogen (secondary N) is 1. The second-order valence-electron chi connectivity index (χ2n) is 6.63. The number of non-ortho nitro benzene ring substituents is 1. The predicted molar refractivity (Wildman–Crippen MR) is 120 cm³/mol. The predicted octanol–water partition coefficient (Wildman–Crippen LogP) is 2.89. The van der Waals surface area contributed by atoms with Gasteiger partial charge in [0.1, 0.15) is 23.7 Å². The zero-order valence-corrected chi connectivity index (χ0v) is 19.3. The lowest BCUT2D eigenvalue weighted by molar-refractivity contribution is -0.384. The minimum absolute atomic E-state index is 0.0563. The summed E-state index contributed by atoms with van der Waals surface area (Å²) in [6.07, 6.45) is 3.28. The van der Waals surface area contributed by atoms with Crippen molar-refractivity contribution >= 4 is 70.0 Å². The molecule has 2 amide bonds. The number of nitrogens with zero attached hydrogens (tertiary/aromatic N) is 2. The zero-order valence-electron chi connectivity index (χ0n) is 16.2. The first kappa shape index (κ1) is 24.4. The molecule has 0 aromatic heterocycles. The molecule has 32 heavy (non-hydrogen) atoms. The van der Waals surface area contributed by atoms with Crippen molar-refractivity contribution in [2.24, 2.45) is 0 Å². The fraction of sp³-hybridized carbons (Fsp3) is 0.316. The van der Waals surface area contributed by atoms with Crippen LogP contribution in [0.25, 0.3) is 0 Å². The van der Waals surface area contributed by atoms with Crippen LogP contribution in [0.1, 0.15) is 5.56 Å². The van der Waals surface area contributed by atoms with Crippen LogP contribution in [0.3, 0.4) is 0 Å². The minimum atomic E-state index is -1.32. The molecule has 13 heteroatoms. The van der Waals surface area contributed by atoms with Crippen molar-refractivity contribution < 1.29 is 24.0 Å². The van der Waals surface area contributed by atoms with Crippen LogP contribution >= 0.6 is 46.6 Å². The molecular weight excluding hydrogens is 505 g/mol. The molecule has 2 aliphatic heterocycles. The Hall–Kier alpha value is -2.27. The summed E-state index contributed by atoms with van der Waals surface area (Å²) in [5.41, 5.74) is 1.06. The summed E-state index contributed by atoms with van der Waals surface area (Å²) in [4.78, 5) is 47.6. The van der Waals surface area contributed by atoms with Crippen LogP contribution in [0.5, 0.6) is 0 Å². The second kappa shape index (κ2) is 10.6. The highest BCUT2D eigenvalue weighted by Crippen LogP contribution is 2.41. The van der Waals surface area contributed by atoms with Crippen LogP contribution in [0.15, 0.2) is 47.7 Å². The third kappa shape index (κ3) is 5.20. The van der Waals surface area contributed by atoms with Gasteiger partial charge in [-0.05, 0) is 23.3 Å². The number of benzene rings is 1. The van der Waals surface area contributed by atoms with E-state index >= 15 is 0 Å². The molecule has 1 fully saturated rings. The van der Waals surface area contributed by atoms with Gasteiger partial charge in [-0.2, -0.15) is 0 Å². The number of nitro groups is 1. The Morgan fingerprint density at radius 2 is 2.03 bits per heavy atom. The van der Waals surface area contributed by atoms with E-state index in [0.29, 0.717) is 16.9 Å². The van der Waals surface area contributed by atoms with E-state index in [-0.39, 0.29) is 23.9 Å². The van der Waals surface area contributed by atoms with E-state index in [9.17, 15) is 24.5 Å². The summed E-state index contributed by atoms with van der Waals surface area (Å²) in [5.74, 6) is -1.35. The van der Waals surface area contributed by atoms with Crippen LogP contribution < -0.4 is 5.32 Å². The lowest BCUT2D eigenvalue weighted by Crippen LogP contribution is -2.71. The van der Waals surface area contributed by atoms with Crippen molar-refractivity contribution in [2.75, 3.05) is 11.6 Å². The quantitative estimate of drug-likeness (QED) is 0.184. The molecule has 3 rings (SSSR count). The number of carbonyl (C=O) groups excluding carboxylic acids is 3. The number of amides is 2. The fourth-order valence-corrected chi connectivity index (χ4v) is 4.63. The summed E-state index contributed by atoms with van der Waals surface area (Å²) in [6.45, 7) is -0.146. The standard InChI is InChI=1S/C19H16Cl3N3O6S/c20-7-1-2-11-9-32-18-13(23-16(26)15(21)22)17(27)24(18)14(11)19(28)31-8-10-3-5-12(6-4-10)25(29)30/h1-6,13,15,18H,7-9H2,(H,23,26)/b2-1+/t13-,18+/m1/s1. The van der Waals surface area contributed by atoms with E-state index < -0.39 is 39.0 Å². The van der Waals surface area contributed by atoms with Crippen LogP contribution in [0.4, 0.5) is 5.69 Å². The van der Waals surface area contributed by atoms with Gasteiger partial charge in [0.05, 0.1) is 4.92 Å². The summed E-state index contributed by atoms with van der Waals surface area (Å²) in [7, 11) is 0. The maximum absolute atomic E-state index is 12.9. The molecule has 1 saturated heterocycles. The van der Waals surface area contributed by atoms with Crippen molar-refractivity contribution in [2.45, 2.75) is 22.9 Å². The largest absolute Gasteiger partial charge is 0.456 e. The normalized spacial score (nSPS) is 20.2. The average Bonchev–Trinajstić information content (AvgIpc) is 2.78. The number of hydrogen-bond acceptors (Lipinski definition) is 7. The highest BCUT2D eigenvalue weighted by molar-refractivity contribution is 8.00. The molecule has 0 spiro atoms.